The summed E-state index contributed by atoms with van der Waals surface area (Å²) in [5, 5.41) is 6.74. The maximum Gasteiger partial charge on any atom is 0.257 e. The molecule has 2 aromatic carbocycles. The standard InChI is InChI=1S/C21H20ClN3O2/c1-13-5-4-6-16(7-13)25-21(26)15-9-17(12-23-11-15)24-19-8-14(2)18(22)10-20(19)27-3/h4-12,24H,1-3H3,(H,25,26). The molecule has 0 spiro atoms. The Balaban J connectivity index is 1.82. The Hall–Kier alpha value is -3.05. The van der Waals surface area contributed by atoms with Crippen LogP contribution >= 0.6 is 11.6 Å². The fourth-order valence-corrected chi connectivity index (χ4v) is 2.80. The van der Waals surface area contributed by atoms with E-state index in [1.807, 2.05) is 44.2 Å². The molecular weight excluding hydrogens is 362 g/mol. The summed E-state index contributed by atoms with van der Waals surface area (Å²) in [4.78, 5) is 16.7. The number of nitrogens with zero attached hydrogens (tertiary/aromatic N) is 1. The molecule has 3 rings (SSSR count). The quantitative estimate of drug-likeness (QED) is 0.624. The highest BCUT2D eigenvalue weighted by Gasteiger charge is 2.11. The van der Waals surface area contributed by atoms with Gasteiger partial charge in [0.25, 0.3) is 5.91 Å². The fraction of sp³-hybridized carbons (Fsp3) is 0.143. The second-order valence-electron chi connectivity index (χ2n) is 6.21. The van der Waals surface area contributed by atoms with E-state index in [9.17, 15) is 4.79 Å². The Labute approximate surface area is 163 Å². The zero-order valence-electron chi connectivity index (χ0n) is 15.3. The number of rotatable bonds is 5. The summed E-state index contributed by atoms with van der Waals surface area (Å²) in [5.41, 5.74) is 4.61. The van der Waals surface area contributed by atoms with Gasteiger partial charge >= 0.3 is 0 Å². The molecule has 6 heteroatoms. The molecule has 27 heavy (non-hydrogen) atoms. The van der Waals surface area contributed by atoms with E-state index in [2.05, 4.69) is 15.6 Å². The molecule has 0 saturated carbocycles. The molecule has 0 unspecified atom stereocenters. The molecule has 1 aromatic heterocycles. The number of halogens is 1. The minimum Gasteiger partial charge on any atom is -0.495 e. The zero-order chi connectivity index (χ0) is 19.4. The lowest BCUT2D eigenvalue weighted by molar-refractivity contribution is 0.102. The third-order valence-electron chi connectivity index (χ3n) is 4.04. The van der Waals surface area contributed by atoms with E-state index < -0.39 is 0 Å². The summed E-state index contributed by atoms with van der Waals surface area (Å²) in [6.07, 6.45) is 3.17. The lowest BCUT2D eigenvalue weighted by Gasteiger charge is -2.13. The summed E-state index contributed by atoms with van der Waals surface area (Å²) < 4.78 is 5.37. The predicted molar refractivity (Wildman–Crippen MR) is 109 cm³/mol. The Morgan fingerprint density at radius 3 is 2.63 bits per heavy atom. The number of aromatic nitrogens is 1. The van der Waals surface area contributed by atoms with Crippen molar-refractivity contribution in [2.24, 2.45) is 0 Å². The highest BCUT2D eigenvalue weighted by Crippen LogP contribution is 2.33. The molecule has 0 aliphatic carbocycles. The molecule has 0 fully saturated rings. The molecule has 0 bridgehead atoms. The third kappa shape index (κ3) is 4.57. The lowest BCUT2D eigenvalue weighted by atomic mass is 10.2. The van der Waals surface area contributed by atoms with E-state index in [1.165, 1.54) is 6.20 Å². The molecule has 1 heterocycles. The van der Waals surface area contributed by atoms with Crippen molar-refractivity contribution in [3.8, 4) is 5.75 Å². The van der Waals surface area contributed by atoms with E-state index in [0.717, 1.165) is 22.5 Å². The molecule has 5 nitrogen and oxygen atoms in total. The zero-order valence-corrected chi connectivity index (χ0v) is 16.1. The minimum atomic E-state index is -0.226. The van der Waals surface area contributed by atoms with Crippen molar-refractivity contribution in [1.29, 1.82) is 0 Å². The molecule has 0 atom stereocenters. The van der Waals surface area contributed by atoms with Crippen LogP contribution in [0.3, 0.4) is 0 Å². The van der Waals surface area contributed by atoms with Crippen molar-refractivity contribution >= 4 is 34.6 Å². The van der Waals surface area contributed by atoms with Crippen molar-refractivity contribution in [2.75, 3.05) is 17.7 Å². The number of anilines is 3. The molecule has 0 saturated heterocycles. The number of aryl methyl sites for hydroxylation is 2. The SMILES string of the molecule is COc1cc(Cl)c(C)cc1Nc1cncc(C(=O)Nc2cccc(C)c2)c1. The molecule has 0 aliphatic rings. The van der Waals surface area contributed by atoms with Gasteiger partial charge in [0.05, 0.1) is 30.2 Å². The highest BCUT2D eigenvalue weighted by atomic mass is 35.5. The van der Waals surface area contributed by atoms with E-state index in [0.29, 0.717) is 22.0 Å². The molecule has 138 valence electrons. The first-order chi connectivity index (χ1) is 13.0. The van der Waals surface area contributed by atoms with Crippen LogP contribution in [0.5, 0.6) is 5.75 Å². The molecule has 0 radical (unpaired) electrons. The van der Waals surface area contributed by atoms with Gasteiger partial charge in [-0.05, 0) is 49.2 Å². The van der Waals surface area contributed by atoms with Gasteiger partial charge in [-0.2, -0.15) is 0 Å². The van der Waals surface area contributed by atoms with Crippen LogP contribution in [0.15, 0.2) is 54.9 Å². The highest BCUT2D eigenvalue weighted by molar-refractivity contribution is 6.31. The maximum absolute atomic E-state index is 12.5. The Kier molecular flexibility index (Phi) is 5.62. The number of nitrogens with one attached hydrogen (secondary N) is 2. The van der Waals surface area contributed by atoms with Crippen molar-refractivity contribution in [3.63, 3.8) is 0 Å². The summed E-state index contributed by atoms with van der Waals surface area (Å²) in [5.74, 6) is 0.385. The summed E-state index contributed by atoms with van der Waals surface area (Å²) in [6.45, 7) is 3.89. The van der Waals surface area contributed by atoms with Crippen molar-refractivity contribution in [2.45, 2.75) is 13.8 Å². The van der Waals surface area contributed by atoms with Gasteiger partial charge in [0.15, 0.2) is 0 Å². The number of pyridine rings is 1. The molecule has 2 N–H and O–H groups in total. The van der Waals surface area contributed by atoms with E-state index in [-0.39, 0.29) is 5.91 Å². The van der Waals surface area contributed by atoms with Gasteiger partial charge in [-0.1, -0.05) is 23.7 Å². The predicted octanol–water partition coefficient (Wildman–Crippen LogP) is 5.36. The smallest absolute Gasteiger partial charge is 0.257 e. The van der Waals surface area contributed by atoms with Gasteiger partial charge in [-0.25, -0.2) is 0 Å². The van der Waals surface area contributed by atoms with Gasteiger partial charge in [-0.15, -0.1) is 0 Å². The van der Waals surface area contributed by atoms with Crippen LogP contribution in [-0.4, -0.2) is 18.0 Å². The van der Waals surface area contributed by atoms with Crippen LogP contribution in [0.1, 0.15) is 21.5 Å². The van der Waals surface area contributed by atoms with E-state index in [4.69, 9.17) is 16.3 Å². The van der Waals surface area contributed by atoms with Gasteiger partial charge in [0.2, 0.25) is 0 Å². The third-order valence-corrected chi connectivity index (χ3v) is 4.44. The maximum atomic E-state index is 12.5. The second kappa shape index (κ2) is 8.10. The Morgan fingerprint density at radius 1 is 1.07 bits per heavy atom. The Bertz CT molecular complexity index is 989. The molecule has 1 amide bonds. The average molecular weight is 382 g/mol. The first-order valence-electron chi connectivity index (χ1n) is 8.40. The summed E-state index contributed by atoms with van der Waals surface area (Å²) >= 11 is 6.15. The Morgan fingerprint density at radius 2 is 1.89 bits per heavy atom. The van der Waals surface area contributed by atoms with Crippen molar-refractivity contribution < 1.29 is 9.53 Å². The normalized spacial score (nSPS) is 10.4. The van der Waals surface area contributed by atoms with E-state index in [1.54, 1.807) is 25.4 Å². The number of carbonyl (C=O) groups is 1. The first kappa shape index (κ1) is 18.7. The molecule has 0 aliphatic heterocycles. The van der Waals surface area contributed by atoms with Gasteiger partial charge in [-0.3, -0.25) is 9.78 Å². The van der Waals surface area contributed by atoms with Crippen LogP contribution in [0.25, 0.3) is 0 Å². The number of carbonyl (C=O) groups excluding carboxylic acids is 1. The van der Waals surface area contributed by atoms with Crippen molar-refractivity contribution in [3.05, 3.63) is 76.6 Å². The van der Waals surface area contributed by atoms with Crippen LogP contribution in [0.2, 0.25) is 5.02 Å². The lowest BCUT2D eigenvalue weighted by Crippen LogP contribution is -2.12. The van der Waals surface area contributed by atoms with Gasteiger partial charge in [0, 0.05) is 23.0 Å². The second-order valence-corrected chi connectivity index (χ2v) is 6.62. The van der Waals surface area contributed by atoms with Crippen LogP contribution in [-0.2, 0) is 0 Å². The number of ether oxygens (including phenoxy) is 1. The number of hydrogen-bond donors (Lipinski definition) is 2. The number of benzene rings is 2. The van der Waals surface area contributed by atoms with Gasteiger partial charge in [0.1, 0.15) is 5.75 Å². The average Bonchev–Trinajstić information content (AvgIpc) is 2.65. The minimum absolute atomic E-state index is 0.226. The van der Waals surface area contributed by atoms with Crippen molar-refractivity contribution in [1.82, 2.24) is 4.98 Å². The van der Waals surface area contributed by atoms with Crippen LogP contribution in [0.4, 0.5) is 17.1 Å². The largest absolute Gasteiger partial charge is 0.495 e. The number of methoxy groups -OCH3 is 1. The summed E-state index contributed by atoms with van der Waals surface area (Å²) in [7, 11) is 1.58. The molecule has 3 aromatic rings. The van der Waals surface area contributed by atoms with E-state index >= 15 is 0 Å². The first-order valence-corrected chi connectivity index (χ1v) is 8.78. The van der Waals surface area contributed by atoms with Gasteiger partial charge < -0.3 is 15.4 Å². The number of amides is 1. The van der Waals surface area contributed by atoms with Crippen LogP contribution in [0, 0.1) is 13.8 Å². The fourth-order valence-electron chi connectivity index (χ4n) is 2.64. The number of hydrogen-bond acceptors (Lipinski definition) is 4. The molecular formula is C21H20ClN3O2. The topological polar surface area (TPSA) is 63.2 Å². The van der Waals surface area contributed by atoms with Crippen LogP contribution < -0.4 is 15.4 Å². The monoisotopic (exact) mass is 381 g/mol. The summed E-state index contributed by atoms with van der Waals surface area (Å²) in [6, 6.07) is 13.0.